The molecule has 0 bridgehead atoms. The third-order valence-electron chi connectivity index (χ3n) is 6.30. The van der Waals surface area contributed by atoms with Crippen LogP contribution in [0.2, 0.25) is 0 Å². The molecule has 34 heavy (non-hydrogen) atoms. The Labute approximate surface area is 203 Å². The lowest BCUT2D eigenvalue weighted by Crippen LogP contribution is -2.12. The minimum atomic E-state index is -0.859. The van der Waals surface area contributed by atoms with E-state index >= 15 is 0 Å². The van der Waals surface area contributed by atoms with Crippen LogP contribution < -0.4 is 5.63 Å². The van der Waals surface area contributed by atoms with Gasteiger partial charge in [0.05, 0.1) is 18.1 Å². The average Bonchev–Trinajstić information content (AvgIpc) is 2.77. The SMILES string of the molecule is CCC(C)/C=C(\CO)CCCC(/C=C(C)/C=C(\C)C[C@@H](C)c1oc(=O)c(C)c(O)c1C)C(=O)O. The number of rotatable bonds is 13. The van der Waals surface area contributed by atoms with Crippen molar-refractivity contribution >= 4 is 5.97 Å². The van der Waals surface area contributed by atoms with Gasteiger partial charge in [-0.2, -0.15) is 0 Å². The van der Waals surface area contributed by atoms with Gasteiger partial charge in [0.2, 0.25) is 0 Å². The van der Waals surface area contributed by atoms with Crippen LogP contribution in [0, 0.1) is 25.7 Å². The van der Waals surface area contributed by atoms with Gasteiger partial charge in [-0.3, -0.25) is 4.79 Å². The summed E-state index contributed by atoms with van der Waals surface area (Å²) in [5.74, 6) is -0.731. The molecule has 3 N–H and O–H groups in total. The number of aliphatic hydroxyl groups excluding tert-OH is 1. The van der Waals surface area contributed by atoms with Crippen molar-refractivity contribution in [3.63, 3.8) is 0 Å². The van der Waals surface area contributed by atoms with Crippen LogP contribution in [-0.4, -0.2) is 27.9 Å². The van der Waals surface area contributed by atoms with Gasteiger partial charge in [0.25, 0.3) is 0 Å². The highest BCUT2D eigenvalue weighted by Gasteiger charge is 2.19. The molecule has 0 saturated carbocycles. The molecule has 1 aromatic heterocycles. The quantitative estimate of drug-likeness (QED) is 0.233. The fourth-order valence-electron chi connectivity index (χ4n) is 4.17. The highest BCUT2D eigenvalue weighted by Crippen LogP contribution is 2.31. The number of hydrogen-bond acceptors (Lipinski definition) is 5. The zero-order valence-corrected chi connectivity index (χ0v) is 21.8. The van der Waals surface area contributed by atoms with Crippen molar-refractivity contribution in [2.75, 3.05) is 6.61 Å². The van der Waals surface area contributed by atoms with Crippen molar-refractivity contribution in [3.05, 3.63) is 62.3 Å². The number of aromatic hydroxyl groups is 1. The molecule has 0 fully saturated rings. The summed E-state index contributed by atoms with van der Waals surface area (Å²) in [7, 11) is 0. The summed E-state index contributed by atoms with van der Waals surface area (Å²) in [4.78, 5) is 23.7. The zero-order valence-electron chi connectivity index (χ0n) is 21.8. The van der Waals surface area contributed by atoms with Crippen molar-refractivity contribution in [3.8, 4) is 5.75 Å². The number of carboxylic acids is 1. The van der Waals surface area contributed by atoms with E-state index in [9.17, 15) is 24.9 Å². The average molecular weight is 475 g/mol. The lowest BCUT2D eigenvalue weighted by Gasteiger charge is -2.15. The Morgan fingerprint density at radius 3 is 2.32 bits per heavy atom. The van der Waals surface area contributed by atoms with Crippen LogP contribution in [0.15, 0.2) is 44.2 Å². The normalized spacial score (nSPS) is 15.8. The van der Waals surface area contributed by atoms with Crippen LogP contribution >= 0.6 is 0 Å². The minimum Gasteiger partial charge on any atom is -0.507 e. The first-order valence-electron chi connectivity index (χ1n) is 12.1. The first-order valence-corrected chi connectivity index (χ1v) is 12.1. The molecule has 1 rings (SSSR count). The maximum absolute atomic E-state index is 12.0. The van der Waals surface area contributed by atoms with E-state index in [4.69, 9.17) is 4.42 Å². The largest absolute Gasteiger partial charge is 0.507 e. The molecule has 0 aliphatic rings. The van der Waals surface area contributed by atoms with Gasteiger partial charge in [0, 0.05) is 11.5 Å². The van der Waals surface area contributed by atoms with E-state index in [0.29, 0.717) is 42.9 Å². The van der Waals surface area contributed by atoms with Crippen molar-refractivity contribution in [2.45, 2.75) is 86.5 Å². The lowest BCUT2D eigenvalue weighted by molar-refractivity contribution is -0.140. The number of aliphatic carboxylic acids is 1. The van der Waals surface area contributed by atoms with Gasteiger partial charge < -0.3 is 19.7 Å². The van der Waals surface area contributed by atoms with Crippen LogP contribution in [0.4, 0.5) is 0 Å². The van der Waals surface area contributed by atoms with E-state index < -0.39 is 17.5 Å². The molecule has 190 valence electrons. The Morgan fingerprint density at radius 1 is 1.12 bits per heavy atom. The fraction of sp³-hybridized carbons (Fsp3) is 0.571. The molecule has 1 heterocycles. The summed E-state index contributed by atoms with van der Waals surface area (Å²) in [5.41, 5.74) is 3.09. The molecule has 0 saturated heterocycles. The van der Waals surface area contributed by atoms with Crippen molar-refractivity contribution in [1.82, 2.24) is 0 Å². The molecular weight excluding hydrogens is 432 g/mol. The van der Waals surface area contributed by atoms with Crippen molar-refractivity contribution < 1.29 is 24.5 Å². The monoisotopic (exact) mass is 474 g/mol. The molecule has 0 aliphatic heterocycles. The molecule has 0 aromatic carbocycles. The Balaban J connectivity index is 2.88. The highest BCUT2D eigenvalue weighted by atomic mass is 16.4. The number of hydrogen-bond donors (Lipinski definition) is 3. The zero-order chi connectivity index (χ0) is 26.0. The number of carboxylic acid groups (broad SMARTS) is 1. The highest BCUT2D eigenvalue weighted by molar-refractivity contribution is 5.72. The predicted molar refractivity (Wildman–Crippen MR) is 136 cm³/mol. The molecule has 0 radical (unpaired) electrons. The van der Waals surface area contributed by atoms with E-state index in [1.807, 2.05) is 26.8 Å². The molecule has 3 atom stereocenters. The number of aliphatic hydroxyl groups is 1. The third kappa shape index (κ3) is 8.98. The van der Waals surface area contributed by atoms with Gasteiger partial charge >= 0.3 is 11.6 Å². The summed E-state index contributed by atoms with van der Waals surface area (Å²) in [6, 6.07) is 0. The van der Waals surface area contributed by atoms with Gasteiger partial charge in [-0.25, -0.2) is 4.79 Å². The van der Waals surface area contributed by atoms with E-state index in [-0.39, 0.29) is 23.8 Å². The Bertz CT molecular complexity index is 979. The smallest absolute Gasteiger partial charge is 0.342 e. The Hall–Kier alpha value is -2.60. The maximum atomic E-state index is 12.0. The molecule has 0 amide bonds. The topological polar surface area (TPSA) is 108 Å². The Kier molecular flexibility index (Phi) is 12.1. The molecule has 1 aromatic rings. The van der Waals surface area contributed by atoms with Gasteiger partial charge in [-0.05, 0) is 64.9 Å². The second-order valence-corrected chi connectivity index (χ2v) is 9.56. The van der Waals surface area contributed by atoms with Gasteiger partial charge in [0.1, 0.15) is 11.5 Å². The van der Waals surface area contributed by atoms with Crippen LogP contribution in [-0.2, 0) is 4.79 Å². The predicted octanol–water partition coefficient (Wildman–Crippen LogP) is 6.18. The van der Waals surface area contributed by atoms with Crippen molar-refractivity contribution in [1.29, 1.82) is 0 Å². The summed E-state index contributed by atoms with van der Waals surface area (Å²) < 4.78 is 5.43. The molecule has 2 unspecified atom stereocenters. The summed E-state index contributed by atoms with van der Waals surface area (Å²) in [6.07, 6.45) is 9.31. The van der Waals surface area contributed by atoms with Gasteiger partial charge in [0.15, 0.2) is 0 Å². The second-order valence-electron chi connectivity index (χ2n) is 9.56. The summed E-state index contributed by atoms with van der Waals surface area (Å²) in [6.45, 7) is 13.3. The third-order valence-corrected chi connectivity index (χ3v) is 6.30. The molecular formula is C28H42O6. The molecule has 0 aliphatic carbocycles. The summed E-state index contributed by atoms with van der Waals surface area (Å²) in [5, 5.41) is 29.4. The first-order chi connectivity index (χ1) is 15.9. The fourth-order valence-corrected chi connectivity index (χ4v) is 4.17. The van der Waals surface area contributed by atoms with Crippen LogP contribution in [0.1, 0.15) is 89.5 Å². The van der Waals surface area contributed by atoms with E-state index in [1.165, 1.54) is 6.92 Å². The Morgan fingerprint density at radius 2 is 1.76 bits per heavy atom. The van der Waals surface area contributed by atoms with E-state index in [0.717, 1.165) is 23.1 Å². The summed E-state index contributed by atoms with van der Waals surface area (Å²) >= 11 is 0. The number of allylic oxidation sites excluding steroid dienone is 4. The van der Waals surface area contributed by atoms with Crippen LogP contribution in [0.5, 0.6) is 5.75 Å². The molecule has 6 nitrogen and oxygen atoms in total. The van der Waals surface area contributed by atoms with E-state index in [2.05, 4.69) is 19.9 Å². The second kappa shape index (κ2) is 14.0. The van der Waals surface area contributed by atoms with Crippen molar-refractivity contribution in [2.24, 2.45) is 11.8 Å². The molecule has 0 spiro atoms. The van der Waals surface area contributed by atoms with Gasteiger partial charge in [-0.15, -0.1) is 0 Å². The maximum Gasteiger partial charge on any atom is 0.342 e. The van der Waals surface area contributed by atoms with Crippen LogP contribution in [0.3, 0.4) is 0 Å². The molecule has 6 heteroatoms. The number of carbonyl (C=O) groups is 1. The standard InChI is InChI=1S/C28H42O6/c1-8-17(2)14-23(16-29)10-9-11-24(27(31)32)15-19(4)12-18(3)13-20(5)26-21(6)25(30)22(7)28(33)34-26/h12,14-15,17,20,24,29-30H,8-11,13,16H2,1-7H3,(H,31,32)/b18-12+,19-15+,23-14-/t17?,20-,24?/m1/s1. The van der Waals surface area contributed by atoms with Crippen LogP contribution in [0.25, 0.3) is 0 Å². The minimum absolute atomic E-state index is 0.00934. The first kappa shape index (κ1) is 29.4. The lowest BCUT2D eigenvalue weighted by atomic mass is 9.93. The van der Waals surface area contributed by atoms with Gasteiger partial charge in [-0.1, -0.05) is 56.6 Å². The van der Waals surface area contributed by atoms with E-state index in [1.54, 1.807) is 13.0 Å².